The van der Waals surface area contributed by atoms with Crippen LogP contribution in [0.3, 0.4) is 0 Å². The SMILES string of the molecule is CN(C)CCCN(C)C(=O)Nc1cc(Oc2ccc([N+](=O)[O-])cc2F)ncn1. The molecule has 1 N–H and O–H groups in total. The molecule has 0 unspecified atom stereocenters. The van der Waals surface area contributed by atoms with Gasteiger partial charge in [0.25, 0.3) is 5.69 Å². The van der Waals surface area contributed by atoms with Crippen molar-refractivity contribution in [3.05, 3.63) is 46.5 Å². The molecule has 0 saturated carbocycles. The lowest BCUT2D eigenvalue weighted by Gasteiger charge is -2.19. The van der Waals surface area contributed by atoms with Crippen molar-refractivity contribution in [3.8, 4) is 11.6 Å². The summed E-state index contributed by atoms with van der Waals surface area (Å²) in [7, 11) is 5.57. The molecule has 2 aromatic rings. The van der Waals surface area contributed by atoms with Crippen LogP contribution in [0.2, 0.25) is 0 Å². The number of anilines is 1. The Morgan fingerprint density at radius 3 is 2.64 bits per heavy atom. The number of hydrogen-bond donors (Lipinski definition) is 1. The molecule has 0 saturated heterocycles. The third-order valence-electron chi connectivity index (χ3n) is 3.66. The maximum Gasteiger partial charge on any atom is 0.322 e. The summed E-state index contributed by atoms with van der Waals surface area (Å²) in [5, 5.41) is 13.3. The fourth-order valence-corrected chi connectivity index (χ4v) is 2.19. The third kappa shape index (κ3) is 6.13. The van der Waals surface area contributed by atoms with Gasteiger partial charge in [-0.2, -0.15) is 0 Å². The summed E-state index contributed by atoms with van der Waals surface area (Å²) < 4.78 is 19.2. The Kier molecular flexibility index (Phi) is 7.15. The molecular weight excluding hydrogens is 371 g/mol. The van der Waals surface area contributed by atoms with E-state index in [0.29, 0.717) is 6.54 Å². The first kappa shape index (κ1) is 21.0. The summed E-state index contributed by atoms with van der Waals surface area (Å²) in [5.74, 6) is -0.980. The zero-order valence-corrected chi connectivity index (χ0v) is 15.8. The van der Waals surface area contributed by atoms with E-state index in [1.807, 2.05) is 19.0 Å². The van der Waals surface area contributed by atoms with E-state index >= 15 is 0 Å². The Balaban J connectivity index is 2.00. The molecule has 11 heteroatoms. The molecule has 0 aliphatic carbocycles. The molecule has 0 aliphatic rings. The normalized spacial score (nSPS) is 10.6. The van der Waals surface area contributed by atoms with E-state index in [-0.39, 0.29) is 23.5 Å². The molecule has 0 fully saturated rings. The minimum atomic E-state index is -0.904. The van der Waals surface area contributed by atoms with Crippen LogP contribution in [0.1, 0.15) is 6.42 Å². The Hall–Kier alpha value is -3.34. The minimum absolute atomic E-state index is 0.0201. The average molecular weight is 392 g/mol. The van der Waals surface area contributed by atoms with Gasteiger partial charge in [-0.3, -0.25) is 15.4 Å². The van der Waals surface area contributed by atoms with Crippen molar-refractivity contribution < 1.29 is 18.8 Å². The summed E-state index contributed by atoms with van der Waals surface area (Å²) >= 11 is 0. The first-order valence-electron chi connectivity index (χ1n) is 8.37. The van der Waals surface area contributed by atoms with Gasteiger partial charge in [0.1, 0.15) is 12.1 Å². The number of nitrogens with one attached hydrogen (secondary N) is 1. The predicted octanol–water partition coefficient (Wildman–Crippen LogP) is 2.73. The highest BCUT2D eigenvalue weighted by molar-refractivity contribution is 5.88. The number of benzene rings is 1. The van der Waals surface area contributed by atoms with Crippen LogP contribution in [0.25, 0.3) is 0 Å². The minimum Gasteiger partial charge on any atom is -0.436 e. The van der Waals surface area contributed by atoms with Crippen molar-refractivity contribution in [1.29, 1.82) is 0 Å². The van der Waals surface area contributed by atoms with Crippen molar-refractivity contribution in [3.63, 3.8) is 0 Å². The maximum absolute atomic E-state index is 13.9. The van der Waals surface area contributed by atoms with Gasteiger partial charge < -0.3 is 14.5 Å². The maximum atomic E-state index is 13.9. The highest BCUT2D eigenvalue weighted by Gasteiger charge is 2.14. The summed E-state index contributed by atoms with van der Waals surface area (Å²) in [6.45, 7) is 1.41. The van der Waals surface area contributed by atoms with Crippen LogP contribution in [-0.2, 0) is 0 Å². The molecule has 0 radical (unpaired) electrons. The van der Waals surface area contributed by atoms with Gasteiger partial charge in [0.2, 0.25) is 5.88 Å². The Labute approximate surface area is 161 Å². The van der Waals surface area contributed by atoms with Crippen molar-refractivity contribution in [1.82, 2.24) is 19.8 Å². The predicted molar refractivity (Wildman–Crippen MR) is 100.0 cm³/mol. The summed E-state index contributed by atoms with van der Waals surface area (Å²) in [4.78, 5) is 33.5. The van der Waals surface area contributed by atoms with Crippen molar-refractivity contribution >= 4 is 17.5 Å². The topological polar surface area (TPSA) is 114 Å². The van der Waals surface area contributed by atoms with E-state index in [0.717, 1.165) is 37.5 Å². The van der Waals surface area contributed by atoms with Crippen LogP contribution in [0.4, 0.5) is 20.7 Å². The van der Waals surface area contributed by atoms with Crippen LogP contribution in [0, 0.1) is 15.9 Å². The molecular formula is C17H21FN6O4. The molecule has 1 aromatic heterocycles. The second kappa shape index (κ2) is 9.55. The van der Waals surface area contributed by atoms with Gasteiger partial charge in [-0.15, -0.1) is 0 Å². The third-order valence-corrected chi connectivity index (χ3v) is 3.66. The quantitative estimate of drug-likeness (QED) is 0.543. The number of carbonyl (C=O) groups excluding carboxylic acids is 1. The first-order valence-corrected chi connectivity index (χ1v) is 8.37. The fraction of sp³-hybridized carbons (Fsp3) is 0.353. The highest BCUT2D eigenvalue weighted by Crippen LogP contribution is 2.27. The van der Waals surface area contributed by atoms with Gasteiger partial charge in [0.05, 0.1) is 11.0 Å². The number of hydrogen-bond acceptors (Lipinski definition) is 7. The van der Waals surface area contributed by atoms with Crippen molar-refractivity contribution in [2.45, 2.75) is 6.42 Å². The first-order chi connectivity index (χ1) is 13.3. The number of non-ortho nitro benzene ring substituents is 1. The van der Waals surface area contributed by atoms with Crippen LogP contribution in [0.5, 0.6) is 11.6 Å². The summed E-state index contributed by atoms with van der Waals surface area (Å²) in [5.41, 5.74) is -0.391. The molecule has 1 heterocycles. The second-order valence-electron chi connectivity index (χ2n) is 6.22. The zero-order valence-electron chi connectivity index (χ0n) is 15.8. The molecule has 0 atom stereocenters. The van der Waals surface area contributed by atoms with E-state index in [9.17, 15) is 19.3 Å². The molecule has 1 aromatic carbocycles. The van der Waals surface area contributed by atoms with Gasteiger partial charge in [-0.1, -0.05) is 0 Å². The average Bonchev–Trinajstić information content (AvgIpc) is 2.63. The molecule has 2 rings (SSSR count). The number of rotatable bonds is 8. The van der Waals surface area contributed by atoms with Crippen molar-refractivity contribution in [2.75, 3.05) is 39.5 Å². The molecule has 0 spiro atoms. The molecule has 10 nitrogen and oxygen atoms in total. The number of ether oxygens (including phenoxy) is 1. The standard InChI is InChI=1S/C17H21FN6O4/c1-22(2)7-4-8-23(3)17(25)21-15-10-16(20-11-19-15)28-14-6-5-12(24(26)27)9-13(14)18/h5-6,9-11H,4,7-8H2,1-3H3,(H,19,20,21,25). The van der Waals surface area contributed by atoms with Gasteiger partial charge >= 0.3 is 6.03 Å². The molecule has 28 heavy (non-hydrogen) atoms. The summed E-state index contributed by atoms with van der Waals surface area (Å²) in [6, 6.07) is 3.97. The molecule has 2 amide bonds. The fourth-order valence-electron chi connectivity index (χ4n) is 2.19. The van der Waals surface area contributed by atoms with Gasteiger partial charge in [0, 0.05) is 25.7 Å². The lowest BCUT2D eigenvalue weighted by molar-refractivity contribution is -0.385. The van der Waals surface area contributed by atoms with E-state index < -0.39 is 16.4 Å². The van der Waals surface area contributed by atoms with E-state index in [2.05, 4.69) is 15.3 Å². The Morgan fingerprint density at radius 2 is 2.00 bits per heavy atom. The van der Waals surface area contributed by atoms with Gasteiger partial charge in [0.15, 0.2) is 11.6 Å². The largest absolute Gasteiger partial charge is 0.436 e. The van der Waals surface area contributed by atoms with Crippen LogP contribution in [-0.4, -0.2) is 65.0 Å². The monoisotopic (exact) mass is 392 g/mol. The number of nitro benzene ring substituents is 1. The number of amides is 2. The second-order valence-corrected chi connectivity index (χ2v) is 6.22. The number of carbonyl (C=O) groups is 1. The number of urea groups is 1. The number of halogens is 1. The lowest BCUT2D eigenvalue weighted by Crippen LogP contribution is -2.33. The molecule has 0 aliphatic heterocycles. The lowest BCUT2D eigenvalue weighted by atomic mass is 10.3. The summed E-state index contributed by atoms with van der Waals surface area (Å²) in [6.07, 6.45) is 1.97. The number of nitrogens with zero attached hydrogens (tertiary/aromatic N) is 5. The van der Waals surface area contributed by atoms with Crippen LogP contribution < -0.4 is 10.1 Å². The molecule has 150 valence electrons. The molecule has 0 bridgehead atoms. The van der Waals surface area contributed by atoms with Gasteiger partial charge in [-0.25, -0.2) is 19.2 Å². The van der Waals surface area contributed by atoms with Crippen LogP contribution >= 0.6 is 0 Å². The zero-order chi connectivity index (χ0) is 20.7. The Morgan fingerprint density at radius 1 is 1.25 bits per heavy atom. The number of nitro groups is 1. The van der Waals surface area contributed by atoms with E-state index in [1.54, 1.807) is 7.05 Å². The Bertz CT molecular complexity index is 848. The van der Waals surface area contributed by atoms with Crippen molar-refractivity contribution in [2.24, 2.45) is 0 Å². The highest BCUT2D eigenvalue weighted by atomic mass is 19.1. The number of aromatic nitrogens is 2. The smallest absolute Gasteiger partial charge is 0.322 e. The van der Waals surface area contributed by atoms with Crippen LogP contribution in [0.15, 0.2) is 30.6 Å². The van der Waals surface area contributed by atoms with E-state index in [1.165, 1.54) is 11.0 Å². The van der Waals surface area contributed by atoms with Gasteiger partial charge in [-0.05, 0) is 33.1 Å². The van der Waals surface area contributed by atoms with E-state index in [4.69, 9.17) is 4.74 Å².